The molecule has 2 aliphatic rings. The van der Waals surface area contributed by atoms with E-state index in [4.69, 9.17) is 9.05 Å². The van der Waals surface area contributed by atoms with Gasteiger partial charge in [-0.05, 0) is 0 Å². The van der Waals surface area contributed by atoms with Gasteiger partial charge in [0.15, 0.2) is 0 Å². The maximum absolute atomic E-state index is 11.4. The predicted molar refractivity (Wildman–Crippen MR) is 42.1 cm³/mol. The molecule has 0 N–H and O–H groups in total. The highest BCUT2D eigenvalue weighted by atomic mass is 31.2. The summed E-state index contributed by atoms with van der Waals surface area (Å²) in [5.74, 6) is 0.149. The van der Waals surface area contributed by atoms with Crippen LogP contribution in [0.15, 0.2) is 0 Å². The fourth-order valence-electron chi connectivity index (χ4n) is 1.78. The molecule has 1 heterocycles. The molecule has 5 heteroatoms. The SMILES string of the molecule is CP1(=O)OC2CC(=O)CC(C2)O1. The molecule has 2 bridgehead atoms. The molecule has 68 valence electrons. The topological polar surface area (TPSA) is 52.6 Å². The van der Waals surface area contributed by atoms with Gasteiger partial charge in [-0.3, -0.25) is 9.36 Å². The van der Waals surface area contributed by atoms with Crippen molar-refractivity contribution in [2.75, 3.05) is 6.66 Å². The molecule has 0 amide bonds. The van der Waals surface area contributed by atoms with Gasteiger partial charge in [0.25, 0.3) is 0 Å². The molecule has 2 rings (SSSR count). The van der Waals surface area contributed by atoms with E-state index in [1.54, 1.807) is 0 Å². The number of fused-ring (bicyclic) bond motifs is 2. The van der Waals surface area contributed by atoms with E-state index in [1.165, 1.54) is 6.66 Å². The Kier molecular flexibility index (Phi) is 1.86. The third kappa shape index (κ3) is 1.60. The van der Waals surface area contributed by atoms with E-state index in [9.17, 15) is 9.36 Å². The molecule has 1 saturated heterocycles. The van der Waals surface area contributed by atoms with Gasteiger partial charge in [0, 0.05) is 25.9 Å². The van der Waals surface area contributed by atoms with Crippen molar-refractivity contribution in [2.24, 2.45) is 0 Å². The summed E-state index contributed by atoms with van der Waals surface area (Å²) in [4.78, 5) is 11.0. The third-order valence-corrected chi connectivity index (χ3v) is 3.48. The van der Waals surface area contributed by atoms with Crippen LogP contribution in [0.25, 0.3) is 0 Å². The van der Waals surface area contributed by atoms with Crippen LogP contribution >= 0.6 is 7.60 Å². The van der Waals surface area contributed by atoms with Gasteiger partial charge in [-0.25, -0.2) is 0 Å². The van der Waals surface area contributed by atoms with E-state index in [0.717, 1.165) is 0 Å². The minimum absolute atomic E-state index is 0.149. The number of Topliss-reactive ketones (excluding diaryl/α,β-unsaturated/α-hetero) is 1. The lowest BCUT2D eigenvalue weighted by Gasteiger charge is -2.36. The van der Waals surface area contributed by atoms with Crippen molar-refractivity contribution in [2.45, 2.75) is 31.5 Å². The van der Waals surface area contributed by atoms with Crippen LogP contribution in [0.3, 0.4) is 0 Å². The monoisotopic (exact) mass is 190 g/mol. The Hall–Kier alpha value is -0.180. The first kappa shape index (κ1) is 8.42. The summed E-state index contributed by atoms with van der Waals surface area (Å²) in [6.07, 6.45) is 1.18. The molecule has 12 heavy (non-hydrogen) atoms. The van der Waals surface area contributed by atoms with Crippen LogP contribution in [0.2, 0.25) is 0 Å². The second-order valence-electron chi connectivity index (χ2n) is 3.41. The molecule has 0 spiro atoms. The summed E-state index contributed by atoms with van der Waals surface area (Å²) in [5.41, 5.74) is 0. The van der Waals surface area contributed by atoms with Crippen LogP contribution in [-0.2, 0) is 18.4 Å². The van der Waals surface area contributed by atoms with Crippen LogP contribution in [0.5, 0.6) is 0 Å². The maximum atomic E-state index is 11.4. The molecule has 0 aromatic heterocycles. The van der Waals surface area contributed by atoms with Crippen molar-refractivity contribution in [3.63, 3.8) is 0 Å². The summed E-state index contributed by atoms with van der Waals surface area (Å²) in [5, 5.41) is 0. The molecule has 0 radical (unpaired) electrons. The quantitative estimate of drug-likeness (QED) is 0.541. The molecule has 2 fully saturated rings. The van der Waals surface area contributed by atoms with E-state index >= 15 is 0 Å². The van der Waals surface area contributed by atoms with Gasteiger partial charge in [0.05, 0.1) is 12.2 Å². The zero-order valence-corrected chi connectivity index (χ0v) is 7.75. The van der Waals surface area contributed by atoms with Crippen LogP contribution in [0.4, 0.5) is 0 Å². The summed E-state index contributed by atoms with van der Waals surface area (Å²) in [6.45, 7) is 1.46. The van der Waals surface area contributed by atoms with Crippen molar-refractivity contribution in [1.82, 2.24) is 0 Å². The normalized spacial score (nSPS) is 47.6. The third-order valence-electron chi connectivity index (χ3n) is 2.12. The number of ketones is 1. The van der Waals surface area contributed by atoms with E-state index in [-0.39, 0.29) is 18.0 Å². The highest BCUT2D eigenvalue weighted by Gasteiger charge is 2.40. The molecule has 0 aromatic rings. The van der Waals surface area contributed by atoms with Gasteiger partial charge >= 0.3 is 7.60 Å². The lowest BCUT2D eigenvalue weighted by Crippen LogP contribution is -2.36. The average Bonchev–Trinajstić information content (AvgIpc) is 1.78. The minimum Gasteiger partial charge on any atom is -0.305 e. The molecule has 2 unspecified atom stereocenters. The molecule has 4 nitrogen and oxygen atoms in total. The van der Waals surface area contributed by atoms with Gasteiger partial charge in [-0.15, -0.1) is 0 Å². The molecular formula is C7H11O4P. The van der Waals surface area contributed by atoms with Crippen molar-refractivity contribution in [3.05, 3.63) is 0 Å². The fraction of sp³-hybridized carbons (Fsp3) is 0.857. The maximum Gasteiger partial charge on any atom is 0.328 e. The number of carbonyl (C=O) groups excluding carboxylic acids is 1. The number of rotatable bonds is 0. The smallest absolute Gasteiger partial charge is 0.305 e. The van der Waals surface area contributed by atoms with Crippen molar-refractivity contribution in [3.8, 4) is 0 Å². The fourth-order valence-corrected chi connectivity index (χ4v) is 3.23. The van der Waals surface area contributed by atoms with E-state index in [2.05, 4.69) is 0 Å². The van der Waals surface area contributed by atoms with Crippen LogP contribution < -0.4 is 0 Å². The summed E-state index contributed by atoms with van der Waals surface area (Å²) >= 11 is 0. The van der Waals surface area contributed by atoms with Crippen molar-refractivity contribution < 1.29 is 18.4 Å². The summed E-state index contributed by atoms with van der Waals surface area (Å²) in [7, 11) is -2.84. The zero-order chi connectivity index (χ0) is 8.77. The van der Waals surface area contributed by atoms with Crippen molar-refractivity contribution in [1.29, 1.82) is 0 Å². The van der Waals surface area contributed by atoms with Crippen LogP contribution in [-0.4, -0.2) is 24.7 Å². The second kappa shape index (κ2) is 2.66. The van der Waals surface area contributed by atoms with Crippen LogP contribution in [0, 0.1) is 0 Å². The van der Waals surface area contributed by atoms with E-state index < -0.39 is 7.60 Å². The second-order valence-corrected chi connectivity index (χ2v) is 5.37. The Balaban J connectivity index is 2.16. The summed E-state index contributed by atoms with van der Waals surface area (Å²) < 4.78 is 21.7. The predicted octanol–water partition coefficient (Wildman–Crippen LogP) is 1.35. The number of hydrogen-bond acceptors (Lipinski definition) is 4. The Morgan fingerprint density at radius 2 is 1.83 bits per heavy atom. The van der Waals surface area contributed by atoms with Gasteiger partial charge < -0.3 is 9.05 Å². The first-order valence-corrected chi connectivity index (χ1v) is 6.00. The highest BCUT2D eigenvalue weighted by molar-refractivity contribution is 7.53. The molecule has 2 atom stereocenters. The minimum atomic E-state index is -2.84. The van der Waals surface area contributed by atoms with Gasteiger partial charge in [0.1, 0.15) is 5.78 Å². The van der Waals surface area contributed by atoms with E-state index in [0.29, 0.717) is 19.3 Å². The zero-order valence-electron chi connectivity index (χ0n) is 6.86. The Labute approximate surface area is 70.8 Å². The first-order chi connectivity index (χ1) is 5.55. The Morgan fingerprint density at radius 3 is 2.33 bits per heavy atom. The molecule has 0 aromatic carbocycles. The van der Waals surface area contributed by atoms with E-state index in [1.807, 2.05) is 0 Å². The lowest BCUT2D eigenvalue weighted by atomic mass is 9.94. The largest absolute Gasteiger partial charge is 0.328 e. The summed E-state index contributed by atoms with van der Waals surface area (Å²) in [6, 6.07) is 0. The first-order valence-electron chi connectivity index (χ1n) is 4.01. The lowest BCUT2D eigenvalue weighted by molar-refractivity contribution is -0.128. The van der Waals surface area contributed by atoms with Crippen molar-refractivity contribution >= 4 is 13.4 Å². The standard InChI is InChI=1S/C7H11O4P/c1-12(9)10-6-2-5(8)3-7(4-6)11-12/h6-7H,2-4H2,1H3. The molecular weight excluding hydrogens is 179 g/mol. The van der Waals surface area contributed by atoms with Gasteiger partial charge in [-0.1, -0.05) is 0 Å². The number of carbonyl (C=O) groups is 1. The number of hydrogen-bond donors (Lipinski definition) is 0. The molecule has 1 aliphatic heterocycles. The molecule has 1 saturated carbocycles. The molecule has 1 aliphatic carbocycles. The van der Waals surface area contributed by atoms with Gasteiger partial charge in [-0.2, -0.15) is 0 Å². The Bertz CT molecular complexity index is 242. The van der Waals surface area contributed by atoms with Crippen LogP contribution in [0.1, 0.15) is 19.3 Å². The Morgan fingerprint density at radius 1 is 1.33 bits per heavy atom. The van der Waals surface area contributed by atoms with Gasteiger partial charge in [0.2, 0.25) is 0 Å². The highest BCUT2D eigenvalue weighted by Crippen LogP contribution is 2.53. The average molecular weight is 190 g/mol.